The number of methoxy groups -OCH3 is 1. The number of carbonyl (C=O) groups excluding carboxylic acids is 2. The number of rotatable bonds is 5. The van der Waals surface area contributed by atoms with Crippen LogP contribution in [0.3, 0.4) is 0 Å². The van der Waals surface area contributed by atoms with Crippen LogP contribution < -0.4 is 25.4 Å². The first-order chi connectivity index (χ1) is 15.4. The number of fused-ring (bicyclic) bond motifs is 2. The number of thioether (sulfide) groups is 1. The molecule has 10 heteroatoms. The first-order valence-corrected chi connectivity index (χ1v) is 11.4. The van der Waals surface area contributed by atoms with E-state index in [1.807, 2.05) is 24.3 Å². The van der Waals surface area contributed by atoms with Gasteiger partial charge in [-0.15, -0.1) is 11.7 Å². The molecule has 2 aromatic rings. The zero-order chi connectivity index (χ0) is 22.8. The fraction of sp³-hybridized carbons (Fsp3) is 0.182. The normalized spacial score (nSPS) is 16.8. The van der Waals surface area contributed by atoms with Gasteiger partial charge in [0, 0.05) is 27.9 Å². The molecule has 8 nitrogen and oxygen atoms in total. The number of hydrazone groups is 1. The first kappa shape index (κ1) is 22.1. The van der Waals surface area contributed by atoms with Gasteiger partial charge in [0.2, 0.25) is 0 Å². The highest BCUT2D eigenvalue weighted by Gasteiger charge is 2.35. The fourth-order valence-corrected chi connectivity index (χ4v) is 4.49. The molecular weight excluding hydrogens is 496 g/mol. The molecule has 0 aliphatic carbocycles. The molecule has 0 fully saturated rings. The van der Waals surface area contributed by atoms with Gasteiger partial charge in [-0.3, -0.25) is 19.9 Å². The van der Waals surface area contributed by atoms with Crippen LogP contribution in [-0.4, -0.2) is 34.9 Å². The highest BCUT2D eigenvalue weighted by molar-refractivity contribution is 9.10. The van der Waals surface area contributed by atoms with Crippen LogP contribution in [0.2, 0.25) is 0 Å². The predicted octanol–water partition coefficient (Wildman–Crippen LogP) is 2.45. The maximum absolute atomic E-state index is 13.1. The maximum atomic E-state index is 13.1. The third-order valence-electron chi connectivity index (χ3n) is 4.67. The Kier molecular flexibility index (Phi) is 6.33. The standard InChI is InChI=1S/C22H19BrN4O4S/c1-4-9-32-22-25-21(29)19-13-7-5-6-8-16(13)24-20(27(19)26-22)14-10-17(30-3)18(11-15(14)23)31-12(2)28/h4-8,10-11,20H,1,9H2,2-3H3,(H,25,26,29)/t20-/m0/s1. The Hall–Kier alpha value is -3.11. The quantitative estimate of drug-likeness (QED) is 0.374. The molecule has 2 aliphatic rings. The molecule has 1 N–H and O–H groups in total. The Morgan fingerprint density at radius 3 is 2.84 bits per heavy atom. The Bertz CT molecular complexity index is 1280. The Morgan fingerprint density at radius 2 is 2.12 bits per heavy atom. The number of halogens is 1. The second-order valence-electron chi connectivity index (χ2n) is 6.79. The minimum Gasteiger partial charge on any atom is -0.493 e. The highest BCUT2D eigenvalue weighted by Crippen LogP contribution is 2.40. The Balaban J connectivity index is 1.91. The highest BCUT2D eigenvalue weighted by atomic mass is 79.9. The number of para-hydroxylation sites is 1. The van der Waals surface area contributed by atoms with E-state index in [0.717, 1.165) is 0 Å². The molecule has 32 heavy (non-hydrogen) atoms. The number of nitrogens with one attached hydrogen (secondary N) is 1. The molecule has 0 spiro atoms. The molecule has 2 aliphatic heterocycles. The third kappa shape index (κ3) is 4.15. The number of amides is 1. The molecule has 0 saturated heterocycles. The molecule has 2 aromatic carbocycles. The lowest BCUT2D eigenvalue weighted by Crippen LogP contribution is -2.50. The minimum atomic E-state index is -0.653. The summed E-state index contributed by atoms with van der Waals surface area (Å²) in [5.41, 5.74) is 1.09. The van der Waals surface area contributed by atoms with Gasteiger partial charge in [-0.25, -0.2) is 5.01 Å². The van der Waals surface area contributed by atoms with E-state index in [2.05, 4.69) is 32.9 Å². The van der Waals surface area contributed by atoms with Crippen LogP contribution >= 0.6 is 27.7 Å². The van der Waals surface area contributed by atoms with E-state index in [-0.39, 0.29) is 11.7 Å². The van der Waals surface area contributed by atoms with E-state index in [0.29, 0.717) is 43.0 Å². The smallest absolute Gasteiger partial charge is 0.308 e. The lowest BCUT2D eigenvalue weighted by atomic mass is 10.1. The molecule has 0 bridgehead atoms. The van der Waals surface area contributed by atoms with Crippen LogP contribution in [0.25, 0.3) is 5.70 Å². The van der Waals surface area contributed by atoms with Crippen molar-refractivity contribution in [2.45, 2.75) is 13.1 Å². The van der Waals surface area contributed by atoms with E-state index < -0.39 is 12.1 Å². The van der Waals surface area contributed by atoms with Gasteiger partial charge in [-0.1, -0.05) is 52.0 Å². The number of hydrogen-bond donors (Lipinski definition) is 1. The summed E-state index contributed by atoms with van der Waals surface area (Å²) in [7, 11) is 1.49. The van der Waals surface area contributed by atoms with E-state index in [4.69, 9.17) is 14.5 Å². The summed E-state index contributed by atoms with van der Waals surface area (Å²) in [4.78, 5) is 29.4. The van der Waals surface area contributed by atoms with Gasteiger partial charge in [0.15, 0.2) is 22.8 Å². The minimum absolute atomic E-state index is 0.265. The summed E-state index contributed by atoms with van der Waals surface area (Å²) < 4.78 is 11.3. The Labute approximate surface area is 196 Å². The molecule has 1 atom stereocenters. The van der Waals surface area contributed by atoms with Crippen LogP contribution in [0.5, 0.6) is 11.5 Å². The summed E-state index contributed by atoms with van der Waals surface area (Å²) in [6, 6.07) is 10.8. The van der Waals surface area contributed by atoms with Gasteiger partial charge in [-0.05, 0) is 18.2 Å². The number of nitrogens with zero attached hydrogens (tertiary/aromatic N) is 3. The number of ether oxygens (including phenoxy) is 2. The lowest BCUT2D eigenvalue weighted by molar-refractivity contribution is -0.132. The topological polar surface area (TPSA) is 92.6 Å². The van der Waals surface area contributed by atoms with Crippen molar-refractivity contribution in [3.8, 4) is 11.5 Å². The molecular formula is C22H19BrN4O4S. The molecule has 2 heterocycles. The van der Waals surface area contributed by atoms with E-state index in [1.54, 1.807) is 23.2 Å². The predicted molar refractivity (Wildman–Crippen MR) is 125 cm³/mol. The van der Waals surface area contributed by atoms with E-state index >= 15 is 0 Å². The van der Waals surface area contributed by atoms with Crippen LogP contribution in [0.4, 0.5) is 0 Å². The van der Waals surface area contributed by atoms with Gasteiger partial charge in [-0.2, -0.15) is 0 Å². The number of esters is 1. The number of benzene rings is 2. The van der Waals surface area contributed by atoms with Crippen molar-refractivity contribution in [1.82, 2.24) is 10.3 Å². The molecule has 0 saturated carbocycles. The molecule has 0 unspecified atom stereocenters. The van der Waals surface area contributed by atoms with Crippen LogP contribution in [0, 0.1) is 0 Å². The molecule has 0 aromatic heterocycles. The van der Waals surface area contributed by atoms with Crippen molar-refractivity contribution in [3.63, 3.8) is 0 Å². The third-order valence-corrected chi connectivity index (χ3v) is 6.21. The van der Waals surface area contributed by atoms with Crippen LogP contribution in [0.1, 0.15) is 18.7 Å². The van der Waals surface area contributed by atoms with Crippen LogP contribution in [0.15, 0.2) is 63.6 Å². The zero-order valence-electron chi connectivity index (χ0n) is 17.3. The van der Waals surface area contributed by atoms with Crippen molar-refractivity contribution in [1.29, 1.82) is 0 Å². The average Bonchev–Trinajstić information content (AvgIpc) is 2.77. The maximum Gasteiger partial charge on any atom is 0.308 e. The van der Waals surface area contributed by atoms with Gasteiger partial charge < -0.3 is 9.47 Å². The zero-order valence-corrected chi connectivity index (χ0v) is 19.7. The summed E-state index contributed by atoms with van der Waals surface area (Å²) in [5.74, 6) is 0.503. The lowest BCUT2D eigenvalue weighted by Gasteiger charge is -2.34. The largest absolute Gasteiger partial charge is 0.493 e. The number of carbonyl (C=O) groups is 2. The summed E-state index contributed by atoms with van der Waals surface area (Å²) in [6.45, 7) is 5.03. The van der Waals surface area contributed by atoms with Crippen molar-refractivity contribution in [3.05, 3.63) is 69.7 Å². The van der Waals surface area contributed by atoms with E-state index in [9.17, 15) is 9.59 Å². The summed E-state index contributed by atoms with van der Waals surface area (Å²) >= 11 is 4.92. The van der Waals surface area contributed by atoms with Gasteiger partial charge in [0.05, 0.1) is 12.5 Å². The fourth-order valence-electron chi connectivity index (χ4n) is 3.38. The van der Waals surface area contributed by atoms with Crippen LogP contribution in [-0.2, 0) is 9.59 Å². The van der Waals surface area contributed by atoms with Gasteiger partial charge >= 0.3 is 5.97 Å². The molecule has 1 amide bonds. The van der Waals surface area contributed by atoms with Crippen molar-refractivity contribution >= 4 is 50.4 Å². The molecule has 4 rings (SSSR count). The molecule has 0 radical (unpaired) electrons. The number of hydrogen-bond acceptors (Lipinski definition) is 8. The average molecular weight is 515 g/mol. The first-order valence-electron chi connectivity index (χ1n) is 9.59. The number of amidine groups is 1. The summed E-state index contributed by atoms with van der Waals surface area (Å²) in [6.07, 6.45) is 1.08. The van der Waals surface area contributed by atoms with Gasteiger partial charge in [0.25, 0.3) is 5.91 Å². The summed E-state index contributed by atoms with van der Waals surface area (Å²) in [5, 5.41) is 10.9. The van der Waals surface area contributed by atoms with Crippen molar-refractivity contribution < 1.29 is 19.1 Å². The monoisotopic (exact) mass is 514 g/mol. The van der Waals surface area contributed by atoms with E-state index in [1.165, 1.54) is 25.8 Å². The van der Waals surface area contributed by atoms with Gasteiger partial charge in [0.1, 0.15) is 5.70 Å². The van der Waals surface area contributed by atoms with Crippen molar-refractivity contribution in [2.24, 2.45) is 10.1 Å². The molecule has 164 valence electrons. The SMILES string of the molecule is C=CCSC1=NN2C(=c3ccccc3=N[C@@H]2c2cc(OC)c(OC(C)=O)cc2Br)C(=O)N1. The Morgan fingerprint density at radius 1 is 1.34 bits per heavy atom. The second kappa shape index (κ2) is 9.17. The second-order valence-corrected chi connectivity index (χ2v) is 8.65. The van der Waals surface area contributed by atoms with Crippen molar-refractivity contribution in [2.75, 3.05) is 12.9 Å².